The Bertz CT molecular complexity index is 264. The van der Waals surface area contributed by atoms with E-state index in [0.29, 0.717) is 18.4 Å². The Morgan fingerprint density at radius 2 is 2.36 bits per heavy atom. The summed E-state index contributed by atoms with van der Waals surface area (Å²) in [7, 11) is 0. The van der Waals surface area contributed by atoms with Gasteiger partial charge < -0.3 is 9.84 Å². The molecule has 4 atom stereocenters. The summed E-state index contributed by atoms with van der Waals surface area (Å²) in [5, 5.41) is 9.02. The van der Waals surface area contributed by atoms with Crippen molar-refractivity contribution < 1.29 is 14.6 Å². The van der Waals surface area contributed by atoms with Crippen molar-refractivity contribution in [2.24, 2.45) is 11.8 Å². The van der Waals surface area contributed by atoms with Crippen molar-refractivity contribution in [3.63, 3.8) is 0 Å². The first-order valence-corrected chi connectivity index (χ1v) is 5.38. The second kappa shape index (κ2) is 3.91. The van der Waals surface area contributed by atoms with Crippen LogP contribution in [0, 0.1) is 11.8 Å². The Hall–Kier alpha value is -0.540. The van der Waals surface area contributed by atoms with E-state index in [0.717, 1.165) is 6.42 Å². The smallest absolute Gasteiger partial charge is 0.307 e. The van der Waals surface area contributed by atoms with E-state index in [4.69, 9.17) is 21.4 Å². The second-order valence-corrected chi connectivity index (χ2v) is 4.13. The first-order chi connectivity index (χ1) is 6.74. The fraction of sp³-hybridized carbons (Fsp3) is 0.700. The van der Waals surface area contributed by atoms with Crippen LogP contribution in [0.25, 0.3) is 0 Å². The molecular formula is C10H13ClO3. The molecule has 0 spiro atoms. The summed E-state index contributed by atoms with van der Waals surface area (Å²) < 4.78 is 5.41. The molecular weight excluding hydrogens is 204 g/mol. The van der Waals surface area contributed by atoms with Gasteiger partial charge in [0.2, 0.25) is 0 Å². The zero-order valence-corrected chi connectivity index (χ0v) is 8.48. The monoisotopic (exact) mass is 216 g/mol. The number of alkyl halides is 1. The van der Waals surface area contributed by atoms with E-state index in [1.54, 1.807) is 0 Å². The predicted molar refractivity (Wildman–Crippen MR) is 52.4 cm³/mol. The molecule has 2 aliphatic rings. The number of epoxide rings is 1. The van der Waals surface area contributed by atoms with Gasteiger partial charge in [-0.1, -0.05) is 12.2 Å². The first-order valence-electron chi connectivity index (χ1n) is 4.85. The lowest BCUT2D eigenvalue weighted by atomic mass is 9.79. The molecule has 1 aliphatic heterocycles. The first kappa shape index (κ1) is 9.99. The molecule has 1 heterocycles. The Morgan fingerprint density at radius 3 is 3.00 bits per heavy atom. The van der Waals surface area contributed by atoms with Gasteiger partial charge in [0.1, 0.15) is 0 Å². The lowest BCUT2D eigenvalue weighted by molar-refractivity contribution is -0.143. The topological polar surface area (TPSA) is 49.8 Å². The van der Waals surface area contributed by atoms with Crippen LogP contribution >= 0.6 is 11.6 Å². The van der Waals surface area contributed by atoms with E-state index in [1.807, 2.05) is 12.2 Å². The molecule has 0 aromatic heterocycles. The van der Waals surface area contributed by atoms with Gasteiger partial charge in [-0.2, -0.15) is 0 Å². The van der Waals surface area contributed by atoms with Gasteiger partial charge in [0.25, 0.3) is 0 Å². The van der Waals surface area contributed by atoms with Crippen LogP contribution < -0.4 is 0 Å². The van der Waals surface area contributed by atoms with Crippen LogP contribution in [0.1, 0.15) is 12.8 Å². The van der Waals surface area contributed by atoms with Crippen LogP contribution in [0.2, 0.25) is 0 Å². The third kappa shape index (κ3) is 1.79. The highest BCUT2D eigenvalue weighted by atomic mass is 35.5. The summed E-state index contributed by atoms with van der Waals surface area (Å²) in [6, 6.07) is 0. The van der Waals surface area contributed by atoms with E-state index in [9.17, 15) is 4.79 Å². The Labute approximate surface area is 87.7 Å². The predicted octanol–water partition coefficient (Wildman–Crippen LogP) is 1.66. The summed E-state index contributed by atoms with van der Waals surface area (Å²) in [6.45, 7) is 0. The third-order valence-electron chi connectivity index (χ3n) is 2.99. The number of hydrogen-bond donors (Lipinski definition) is 1. The molecule has 0 amide bonds. The quantitative estimate of drug-likeness (QED) is 0.444. The molecule has 4 heteroatoms. The summed E-state index contributed by atoms with van der Waals surface area (Å²) >= 11 is 5.53. The maximum absolute atomic E-state index is 11.0. The minimum atomic E-state index is -0.719. The number of allylic oxidation sites excluding steroid dienone is 1. The molecule has 0 radical (unpaired) electrons. The van der Waals surface area contributed by atoms with E-state index in [1.165, 1.54) is 0 Å². The number of aliphatic carboxylic acids is 1. The normalized spacial score (nSPS) is 40.9. The van der Waals surface area contributed by atoms with Crippen molar-refractivity contribution in [2.75, 3.05) is 5.88 Å². The van der Waals surface area contributed by atoms with Crippen molar-refractivity contribution in [3.05, 3.63) is 12.2 Å². The largest absolute Gasteiger partial charge is 0.481 e. The third-order valence-corrected chi connectivity index (χ3v) is 3.17. The van der Waals surface area contributed by atoms with Crippen molar-refractivity contribution in [3.8, 4) is 0 Å². The van der Waals surface area contributed by atoms with Gasteiger partial charge in [-0.25, -0.2) is 0 Å². The molecule has 1 aliphatic carbocycles. The Kier molecular flexibility index (Phi) is 2.79. The van der Waals surface area contributed by atoms with Crippen molar-refractivity contribution in [2.45, 2.75) is 25.0 Å². The highest BCUT2D eigenvalue weighted by Crippen LogP contribution is 2.44. The fourth-order valence-corrected chi connectivity index (χ4v) is 2.34. The minimum absolute atomic E-state index is 0.0185. The fourth-order valence-electron chi connectivity index (χ4n) is 2.23. The zero-order valence-electron chi connectivity index (χ0n) is 7.73. The molecule has 78 valence electrons. The average molecular weight is 217 g/mol. The van der Waals surface area contributed by atoms with Gasteiger partial charge >= 0.3 is 5.97 Å². The number of ether oxygens (including phenoxy) is 1. The Morgan fingerprint density at radius 1 is 1.57 bits per heavy atom. The number of rotatable bonds is 3. The molecule has 3 nitrogen and oxygen atoms in total. The minimum Gasteiger partial charge on any atom is -0.481 e. The highest BCUT2D eigenvalue weighted by molar-refractivity contribution is 6.18. The maximum Gasteiger partial charge on any atom is 0.307 e. The second-order valence-electron chi connectivity index (χ2n) is 3.82. The molecule has 2 fully saturated rings. The molecule has 0 aromatic rings. The van der Waals surface area contributed by atoms with Crippen LogP contribution in [-0.2, 0) is 9.53 Å². The van der Waals surface area contributed by atoms with E-state index in [2.05, 4.69) is 0 Å². The average Bonchev–Trinajstić information content (AvgIpc) is 2.92. The molecule has 0 aromatic carbocycles. The summed E-state index contributed by atoms with van der Waals surface area (Å²) in [5.74, 6) is -0.563. The van der Waals surface area contributed by atoms with Crippen LogP contribution in [0.15, 0.2) is 12.2 Å². The number of hydrogen-bond acceptors (Lipinski definition) is 2. The van der Waals surface area contributed by atoms with Crippen LogP contribution in [0.4, 0.5) is 0 Å². The summed E-state index contributed by atoms with van der Waals surface area (Å²) in [6.07, 6.45) is 5.74. The molecule has 14 heavy (non-hydrogen) atoms. The lowest BCUT2D eigenvalue weighted by Crippen LogP contribution is -2.31. The Balaban J connectivity index is 2.07. The number of carbonyl (C=O) groups is 1. The van der Waals surface area contributed by atoms with Crippen molar-refractivity contribution >= 4 is 17.6 Å². The van der Waals surface area contributed by atoms with Crippen molar-refractivity contribution in [1.29, 1.82) is 0 Å². The standard InChI is InChI=1S/C10H13ClO3/c11-5-1-2-6-7(10(12)13)3-4-8-9(6)14-8/h1-2,6-9H,3-5H2,(H,12,13). The summed E-state index contributed by atoms with van der Waals surface area (Å²) in [5.41, 5.74) is 0. The van der Waals surface area contributed by atoms with Crippen LogP contribution in [-0.4, -0.2) is 29.2 Å². The van der Waals surface area contributed by atoms with Crippen LogP contribution in [0.3, 0.4) is 0 Å². The van der Waals surface area contributed by atoms with Crippen molar-refractivity contribution in [1.82, 2.24) is 0 Å². The number of carboxylic acids is 1. The molecule has 1 saturated carbocycles. The van der Waals surface area contributed by atoms with E-state index < -0.39 is 5.97 Å². The zero-order chi connectivity index (χ0) is 10.1. The maximum atomic E-state index is 11.0. The summed E-state index contributed by atoms with van der Waals surface area (Å²) in [4.78, 5) is 11.0. The molecule has 4 unspecified atom stereocenters. The van der Waals surface area contributed by atoms with Gasteiger partial charge in [0.05, 0.1) is 18.1 Å². The molecule has 2 rings (SSSR count). The van der Waals surface area contributed by atoms with Gasteiger partial charge in [-0.05, 0) is 12.8 Å². The number of fused-ring (bicyclic) bond motifs is 1. The molecule has 1 saturated heterocycles. The SMILES string of the molecule is O=C(O)C1CCC2OC2C1C=CCCl. The lowest BCUT2D eigenvalue weighted by Gasteiger charge is -2.22. The number of halogens is 1. The van der Waals surface area contributed by atoms with Gasteiger partial charge in [-0.15, -0.1) is 11.6 Å². The van der Waals surface area contributed by atoms with Gasteiger partial charge in [0, 0.05) is 11.8 Å². The number of carboxylic acid groups (broad SMARTS) is 1. The van der Waals surface area contributed by atoms with Crippen LogP contribution in [0.5, 0.6) is 0 Å². The van der Waals surface area contributed by atoms with E-state index in [-0.39, 0.29) is 17.9 Å². The highest BCUT2D eigenvalue weighted by Gasteiger charge is 2.52. The molecule has 0 bridgehead atoms. The van der Waals surface area contributed by atoms with E-state index >= 15 is 0 Å². The van der Waals surface area contributed by atoms with Gasteiger partial charge in [0.15, 0.2) is 0 Å². The molecule has 1 N–H and O–H groups in total. The van der Waals surface area contributed by atoms with Gasteiger partial charge in [-0.3, -0.25) is 4.79 Å².